The number of rotatable bonds is 3. The fourth-order valence-corrected chi connectivity index (χ4v) is 1.36. The molecule has 4 heteroatoms. The van der Waals surface area contributed by atoms with Crippen molar-refractivity contribution in [2.24, 2.45) is 5.73 Å². The van der Waals surface area contributed by atoms with Crippen molar-refractivity contribution >= 4 is 11.6 Å². The SMILES string of the molecule is COc1cc(C(O)C(C)N)ccc1Cl. The van der Waals surface area contributed by atoms with Gasteiger partial charge in [-0.2, -0.15) is 0 Å². The summed E-state index contributed by atoms with van der Waals surface area (Å²) in [6.07, 6.45) is -0.693. The van der Waals surface area contributed by atoms with Crippen LogP contribution in [0.4, 0.5) is 0 Å². The van der Waals surface area contributed by atoms with Gasteiger partial charge in [0.1, 0.15) is 5.75 Å². The normalized spacial score (nSPS) is 14.9. The molecule has 0 aliphatic rings. The Morgan fingerprint density at radius 2 is 2.14 bits per heavy atom. The van der Waals surface area contributed by atoms with Crippen molar-refractivity contribution in [2.75, 3.05) is 7.11 Å². The Kier molecular flexibility index (Phi) is 3.75. The summed E-state index contributed by atoms with van der Waals surface area (Å²) in [4.78, 5) is 0. The van der Waals surface area contributed by atoms with E-state index in [9.17, 15) is 5.11 Å². The third-order valence-electron chi connectivity index (χ3n) is 2.01. The van der Waals surface area contributed by atoms with Crippen LogP contribution in [-0.4, -0.2) is 18.3 Å². The zero-order valence-corrected chi connectivity index (χ0v) is 8.95. The Labute approximate surface area is 88.4 Å². The van der Waals surface area contributed by atoms with Gasteiger partial charge in [-0.3, -0.25) is 0 Å². The summed E-state index contributed by atoms with van der Waals surface area (Å²) in [7, 11) is 1.53. The van der Waals surface area contributed by atoms with Crippen LogP contribution in [-0.2, 0) is 0 Å². The number of aliphatic hydroxyl groups is 1. The summed E-state index contributed by atoms with van der Waals surface area (Å²) in [6.45, 7) is 1.74. The Morgan fingerprint density at radius 1 is 1.50 bits per heavy atom. The molecule has 1 rings (SSSR count). The zero-order chi connectivity index (χ0) is 10.7. The fraction of sp³-hybridized carbons (Fsp3) is 0.400. The molecule has 3 nitrogen and oxygen atoms in total. The summed E-state index contributed by atoms with van der Waals surface area (Å²) in [5.41, 5.74) is 6.28. The predicted molar refractivity (Wildman–Crippen MR) is 56.6 cm³/mol. The molecule has 0 radical (unpaired) electrons. The van der Waals surface area contributed by atoms with Crippen LogP contribution in [0.5, 0.6) is 5.75 Å². The molecular weight excluding hydrogens is 202 g/mol. The Bertz CT molecular complexity index is 315. The topological polar surface area (TPSA) is 55.5 Å². The standard InChI is InChI=1S/C10H14ClNO2/c1-6(12)10(13)7-3-4-8(11)9(5-7)14-2/h3-6,10,13H,12H2,1-2H3. The van der Waals surface area contributed by atoms with E-state index in [1.165, 1.54) is 7.11 Å². The number of ether oxygens (including phenoxy) is 1. The molecule has 0 spiro atoms. The number of aliphatic hydroxyl groups excluding tert-OH is 1. The number of benzene rings is 1. The van der Waals surface area contributed by atoms with Crippen molar-refractivity contribution in [3.63, 3.8) is 0 Å². The highest BCUT2D eigenvalue weighted by Crippen LogP contribution is 2.28. The van der Waals surface area contributed by atoms with Crippen molar-refractivity contribution < 1.29 is 9.84 Å². The highest BCUT2D eigenvalue weighted by atomic mass is 35.5. The highest BCUT2D eigenvalue weighted by Gasteiger charge is 2.13. The van der Waals surface area contributed by atoms with E-state index in [-0.39, 0.29) is 6.04 Å². The largest absolute Gasteiger partial charge is 0.495 e. The van der Waals surface area contributed by atoms with E-state index < -0.39 is 6.10 Å². The summed E-state index contributed by atoms with van der Waals surface area (Å²) < 4.78 is 5.03. The van der Waals surface area contributed by atoms with E-state index in [1.807, 2.05) is 0 Å². The zero-order valence-electron chi connectivity index (χ0n) is 8.20. The second-order valence-corrected chi connectivity index (χ2v) is 3.61. The van der Waals surface area contributed by atoms with Crippen molar-refractivity contribution in [2.45, 2.75) is 19.1 Å². The van der Waals surface area contributed by atoms with Gasteiger partial charge in [-0.05, 0) is 24.6 Å². The van der Waals surface area contributed by atoms with E-state index in [2.05, 4.69) is 0 Å². The Morgan fingerprint density at radius 3 is 2.64 bits per heavy atom. The smallest absolute Gasteiger partial charge is 0.137 e. The molecule has 2 unspecified atom stereocenters. The molecule has 0 aliphatic heterocycles. The van der Waals surface area contributed by atoms with Crippen molar-refractivity contribution in [3.8, 4) is 5.75 Å². The van der Waals surface area contributed by atoms with Gasteiger partial charge < -0.3 is 15.6 Å². The van der Waals surface area contributed by atoms with Crippen molar-refractivity contribution in [1.29, 1.82) is 0 Å². The maximum atomic E-state index is 9.68. The Hall–Kier alpha value is -0.770. The van der Waals surface area contributed by atoms with Crippen LogP contribution in [0.15, 0.2) is 18.2 Å². The second kappa shape index (κ2) is 4.64. The van der Waals surface area contributed by atoms with Gasteiger partial charge in [0.25, 0.3) is 0 Å². The molecule has 0 amide bonds. The van der Waals surface area contributed by atoms with Gasteiger partial charge in [0.05, 0.1) is 18.2 Å². The van der Waals surface area contributed by atoms with Crippen LogP contribution < -0.4 is 10.5 Å². The van der Waals surface area contributed by atoms with Crippen LogP contribution in [0.25, 0.3) is 0 Å². The molecule has 3 N–H and O–H groups in total. The van der Waals surface area contributed by atoms with E-state index in [0.717, 1.165) is 0 Å². The molecule has 0 saturated carbocycles. The first-order valence-electron chi connectivity index (χ1n) is 4.33. The van der Waals surface area contributed by atoms with E-state index in [0.29, 0.717) is 16.3 Å². The first-order valence-corrected chi connectivity index (χ1v) is 4.71. The lowest BCUT2D eigenvalue weighted by atomic mass is 10.0. The molecule has 0 saturated heterocycles. The number of methoxy groups -OCH3 is 1. The third-order valence-corrected chi connectivity index (χ3v) is 2.33. The monoisotopic (exact) mass is 215 g/mol. The lowest BCUT2D eigenvalue weighted by Crippen LogP contribution is -2.24. The molecule has 0 aromatic heterocycles. The Balaban J connectivity index is 3.00. The number of nitrogens with two attached hydrogens (primary N) is 1. The fourth-order valence-electron chi connectivity index (χ4n) is 1.16. The van der Waals surface area contributed by atoms with E-state index in [4.69, 9.17) is 22.1 Å². The van der Waals surface area contributed by atoms with Crippen LogP contribution in [0.1, 0.15) is 18.6 Å². The summed E-state index contributed by atoms with van der Waals surface area (Å²) in [5.74, 6) is 0.545. The molecule has 1 aromatic carbocycles. The minimum atomic E-state index is -0.693. The van der Waals surface area contributed by atoms with Gasteiger partial charge >= 0.3 is 0 Å². The molecule has 2 atom stereocenters. The van der Waals surface area contributed by atoms with Crippen LogP contribution in [0.2, 0.25) is 5.02 Å². The highest BCUT2D eigenvalue weighted by molar-refractivity contribution is 6.32. The van der Waals surface area contributed by atoms with Crippen LogP contribution in [0, 0.1) is 0 Å². The quantitative estimate of drug-likeness (QED) is 0.808. The molecule has 0 aliphatic carbocycles. The lowest BCUT2D eigenvalue weighted by Gasteiger charge is -2.15. The predicted octanol–water partition coefficient (Wildman–Crippen LogP) is 1.73. The van der Waals surface area contributed by atoms with Crippen LogP contribution >= 0.6 is 11.6 Å². The summed E-state index contributed by atoms with van der Waals surface area (Å²) >= 11 is 5.84. The van der Waals surface area contributed by atoms with Gasteiger partial charge in [0.2, 0.25) is 0 Å². The summed E-state index contributed by atoms with van der Waals surface area (Å²) in [5, 5.41) is 10.2. The molecule has 14 heavy (non-hydrogen) atoms. The first-order chi connectivity index (χ1) is 6.56. The summed E-state index contributed by atoms with van der Waals surface area (Å²) in [6, 6.07) is 4.79. The number of halogens is 1. The van der Waals surface area contributed by atoms with Gasteiger partial charge in [0, 0.05) is 6.04 Å². The molecule has 0 bridgehead atoms. The van der Waals surface area contributed by atoms with E-state index >= 15 is 0 Å². The van der Waals surface area contributed by atoms with Gasteiger partial charge in [-0.1, -0.05) is 17.7 Å². The maximum Gasteiger partial charge on any atom is 0.137 e. The van der Waals surface area contributed by atoms with Gasteiger partial charge in [-0.25, -0.2) is 0 Å². The maximum absolute atomic E-state index is 9.68. The average molecular weight is 216 g/mol. The second-order valence-electron chi connectivity index (χ2n) is 3.20. The van der Waals surface area contributed by atoms with E-state index in [1.54, 1.807) is 25.1 Å². The number of hydrogen-bond acceptors (Lipinski definition) is 3. The third kappa shape index (κ3) is 2.38. The van der Waals surface area contributed by atoms with Gasteiger partial charge in [-0.15, -0.1) is 0 Å². The van der Waals surface area contributed by atoms with Crippen LogP contribution in [0.3, 0.4) is 0 Å². The van der Waals surface area contributed by atoms with Crippen molar-refractivity contribution in [1.82, 2.24) is 0 Å². The average Bonchev–Trinajstić information content (AvgIpc) is 2.17. The number of hydrogen-bond donors (Lipinski definition) is 2. The molecule has 78 valence electrons. The minimum absolute atomic E-state index is 0.319. The van der Waals surface area contributed by atoms with Crippen molar-refractivity contribution in [3.05, 3.63) is 28.8 Å². The lowest BCUT2D eigenvalue weighted by molar-refractivity contribution is 0.153. The molecule has 0 heterocycles. The minimum Gasteiger partial charge on any atom is -0.495 e. The molecular formula is C10H14ClNO2. The molecule has 0 fully saturated rings. The van der Waals surface area contributed by atoms with Gasteiger partial charge in [0.15, 0.2) is 0 Å². The first kappa shape index (κ1) is 11.3. The molecule has 1 aromatic rings.